The summed E-state index contributed by atoms with van der Waals surface area (Å²) in [6, 6.07) is 16.6. The smallest absolute Gasteiger partial charge is 0.408 e. The molecule has 55 heavy (non-hydrogen) atoms. The van der Waals surface area contributed by atoms with Crippen molar-refractivity contribution in [3.8, 4) is 17.3 Å². The van der Waals surface area contributed by atoms with Gasteiger partial charge in [0.2, 0.25) is 0 Å². The van der Waals surface area contributed by atoms with E-state index >= 15 is 0 Å². The molecule has 1 amide bonds. The number of pyridine rings is 1. The first-order valence-electron chi connectivity index (χ1n) is 18.9. The zero-order valence-corrected chi connectivity index (χ0v) is 34.0. The van der Waals surface area contributed by atoms with E-state index in [1.807, 2.05) is 110 Å². The van der Waals surface area contributed by atoms with Crippen LogP contribution >= 0.6 is 0 Å². The van der Waals surface area contributed by atoms with Gasteiger partial charge in [0.1, 0.15) is 28.1 Å². The number of ether oxygens (including phenoxy) is 4. The van der Waals surface area contributed by atoms with Gasteiger partial charge in [0.05, 0.1) is 47.3 Å². The maximum Gasteiger partial charge on any atom is 0.408 e. The van der Waals surface area contributed by atoms with Crippen LogP contribution in [0.5, 0.6) is 5.75 Å². The fraction of sp³-hybridized carbons (Fsp3) is 0.465. The normalized spacial score (nSPS) is 12.6. The van der Waals surface area contributed by atoms with Crippen molar-refractivity contribution in [3.05, 3.63) is 77.0 Å². The van der Waals surface area contributed by atoms with Crippen LogP contribution in [0.15, 0.2) is 54.6 Å². The molecule has 0 aliphatic carbocycles. The number of aromatic nitrogens is 4. The van der Waals surface area contributed by atoms with Crippen LogP contribution in [0.4, 0.5) is 4.79 Å². The predicted molar refractivity (Wildman–Crippen MR) is 213 cm³/mol. The van der Waals surface area contributed by atoms with Crippen molar-refractivity contribution < 1.29 is 33.3 Å². The number of amides is 1. The topological polar surface area (TPSA) is 136 Å². The summed E-state index contributed by atoms with van der Waals surface area (Å²) in [5.41, 5.74) is 4.32. The standard InChI is InChI=1S/C43H55N5O7/c1-26(2)53-39(49)30-23-33-36(35(25-30)52-11)47(10)38(46-33)34-24-29-20-21-32(27(3)44-41(51)55-43(7,8)9)45-37(29)48(34)22-16-12-13-17-28-18-14-15-19-31(28)40(50)54-42(4,5)6/h14-15,18-21,23-27H,12-13,16-17,22H2,1-11H3,(H,44,51)/t27-/m1/s1. The first kappa shape index (κ1) is 40.8. The number of nitrogens with zero attached hydrogens (tertiary/aromatic N) is 4. The molecule has 0 unspecified atom stereocenters. The molecular weight excluding hydrogens is 699 g/mol. The molecule has 12 nitrogen and oxygen atoms in total. The molecule has 0 saturated carbocycles. The Hall–Kier alpha value is -5.39. The van der Waals surface area contributed by atoms with Crippen molar-refractivity contribution >= 4 is 40.1 Å². The van der Waals surface area contributed by atoms with Gasteiger partial charge in [-0.05, 0) is 124 Å². The maximum absolute atomic E-state index is 12.9. The predicted octanol–water partition coefficient (Wildman–Crippen LogP) is 9.12. The van der Waals surface area contributed by atoms with Crippen LogP contribution in [0.1, 0.15) is 120 Å². The van der Waals surface area contributed by atoms with E-state index in [4.69, 9.17) is 28.9 Å². The van der Waals surface area contributed by atoms with E-state index in [1.54, 1.807) is 19.2 Å². The van der Waals surface area contributed by atoms with E-state index in [0.717, 1.165) is 53.5 Å². The highest BCUT2D eigenvalue weighted by atomic mass is 16.6. The number of hydrogen-bond donors (Lipinski definition) is 1. The molecule has 3 heterocycles. The summed E-state index contributed by atoms with van der Waals surface area (Å²) in [6.45, 7) is 17.2. The number of carbonyl (C=O) groups excluding carboxylic acids is 3. The molecule has 0 bridgehead atoms. The second kappa shape index (κ2) is 16.5. The van der Waals surface area contributed by atoms with Crippen LogP contribution in [0.3, 0.4) is 0 Å². The number of benzene rings is 2. The van der Waals surface area contributed by atoms with Crippen molar-refractivity contribution in [2.24, 2.45) is 7.05 Å². The number of hydrogen-bond acceptors (Lipinski definition) is 9. The summed E-state index contributed by atoms with van der Waals surface area (Å²) in [6.07, 6.45) is 2.51. The minimum Gasteiger partial charge on any atom is -0.494 e. The van der Waals surface area contributed by atoms with E-state index in [1.165, 1.54) is 0 Å². The Balaban J connectivity index is 1.48. The fourth-order valence-electron chi connectivity index (χ4n) is 6.48. The Kier molecular flexibility index (Phi) is 12.3. The molecule has 0 spiro atoms. The maximum atomic E-state index is 12.9. The molecule has 0 aliphatic heterocycles. The Morgan fingerprint density at radius 2 is 1.55 bits per heavy atom. The van der Waals surface area contributed by atoms with Crippen LogP contribution in [0.2, 0.25) is 0 Å². The number of carbonyl (C=O) groups is 3. The molecule has 5 rings (SSSR count). The SMILES string of the molecule is COc1cc(C(=O)OC(C)C)cc2nc(-c3cc4ccc([C@@H](C)NC(=O)OC(C)(C)C)nc4n3CCCCCc3ccccc3C(=O)OC(C)(C)C)n(C)c12. The zero-order valence-electron chi connectivity index (χ0n) is 34.0. The molecule has 3 aromatic heterocycles. The average molecular weight is 754 g/mol. The van der Waals surface area contributed by atoms with Gasteiger partial charge in [-0.1, -0.05) is 24.6 Å². The lowest BCUT2D eigenvalue weighted by Gasteiger charge is -2.22. The van der Waals surface area contributed by atoms with Gasteiger partial charge in [0.15, 0.2) is 5.82 Å². The summed E-state index contributed by atoms with van der Waals surface area (Å²) in [5, 5.41) is 3.82. The second-order valence-corrected chi connectivity index (χ2v) is 16.2. The van der Waals surface area contributed by atoms with Crippen molar-refractivity contribution in [2.75, 3.05) is 7.11 Å². The summed E-state index contributed by atoms with van der Waals surface area (Å²) >= 11 is 0. The molecular formula is C43H55N5O7. The highest BCUT2D eigenvalue weighted by molar-refractivity contribution is 5.97. The lowest BCUT2D eigenvalue weighted by atomic mass is 10.0. The van der Waals surface area contributed by atoms with Crippen LogP contribution in [0, 0.1) is 0 Å². The van der Waals surface area contributed by atoms with Gasteiger partial charge in [0, 0.05) is 19.0 Å². The number of rotatable bonds is 13. The minimum atomic E-state index is -0.633. The molecule has 2 aromatic carbocycles. The minimum absolute atomic E-state index is 0.275. The number of methoxy groups -OCH3 is 1. The van der Waals surface area contributed by atoms with E-state index in [9.17, 15) is 14.4 Å². The zero-order chi connectivity index (χ0) is 40.2. The van der Waals surface area contributed by atoms with Crippen molar-refractivity contribution in [2.45, 2.75) is 118 Å². The highest BCUT2D eigenvalue weighted by Crippen LogP contribution is 2.35. The van der Waals surface area contributed by atoms with Gasteiger partial charge in [-0.3, -0.25) is 0 Å². The van der Waals surface area contributed by atoms with Gasteiger partial charge in [0.25, 0.3) is 0 Å². The third kappa shape index (κ3) is 10.0. The Bertz CT molecular complexity index is 2190. The molecule has 294 valence electrons. The lowest BCUT2D eigenvalue weighted by molar-refractivity contribution is 0.00675. The summed E-state index contributed by atoms with van der Waals surface area (Å²) in [7, 11) is 3.49. The van der Waals surface area contributed by atoms with Crippen molar-refractivity contribution in [1.29, 1.82) is 0 Å². The third-order valence-corrected chi connectivity index (χ3v) is 8.87. The molecule has 1 atom stereocenters. The fourth-order valence-corrected chi connectivity index (χ4v) is 6.48. The number of imidazole rings is 1. The third-order valence-electron chi connectivity index (χ3n) is 8.87. The lowest BCUT2D eigenvalue weighted by Crippen LogP contribution is -2.34. The summed E-state index contributed by atoms with van der Waals surface area (Å²) in [5.74, 6) is 0.419. The summed E-state index contributed by atoms with van der Waals surface area (Å²) < 4.78 is 26.5. The number of fused-ring (bicyclic) bond motifs is 2. The number of unbranched alkanes of at least 4 members (excludes halogenated alkanes) is 2. The quantitative estimate of drug-likeness (QED) is 0.0709. The number of aryl methyl sites for hydroxylation is 3. The average Bonchev–Trinajstić information content (AvgIpc) is 3.62. The monoisotopic (exact) mass is 753 g/mol. The van der Waals surface area contributed by atoms with E-state index in [0.29, 0.717) is 40.5 Å². The largest absolute Gasteiger partial charge is 0.494 e. The van der Waals surface area contributed by atoms with Crippen molar-refractivity contribution in [1.82, 2.24) is 24.4 Å². The molecule has 1 N–H and O–H groups in total. The van der Waals surface area contributed by atoms with Gasteiger partial charge < -0.3 is 33.4 Å². The highest BCUT2D eigenvalue weighted by Gasteiger charge is 2.24. The first-order valence-corrected chi connectivity index (χ1v) is 18.9. The Labute approximate surface area is 323 Å². The molecule has 0 fully saturated rings. The summed E-state index contributed by atoms with van der Waals surface area (Å²) in [4.78, 5) is 48.6. The second-order valence-electron chi connectivity index (χ2n) is 16.2. The van der Waals surface area contributed by atoms with Crippen molar-refractivity contribution in [3.63, 3.8) is 0 Å². The molecule has 12 heteroatoms. The van der Waals surface area contributed by atoms with E-state index < -0.39 is 29.3 Å². The van der Waals surface area contributed by atoms with Crippen LogP contribution < -0.4 is 10.1 Å². The van der Waals surface area contributed by atoms with E-state index in [2.05, 4.69) is 16.0 Å². The number of nitrogens with one attached hydrogen (secondary N) is 1. The van der Waals surface area contributed by atoms with Gasteiger partial charge in [-0.2, -0.15) is 0 Å². The van der Waals surface area contributed by atoms with Crippen LogP contribution in [0.25, 0.3) is 33.6 Å². The molecule has 0 radical (unpaired) electrons. The van der Waals surface area contributed by atoms with Gasteiger partial charge >= 0.3 is 18.0 Å². The number of alkyl carbamates (subject to hydrolysis) is 1. The number of esters is 2. The molecule has 0 aliphatic rings. The van der Waals surface area contributed by atoms with Gasteiger partial charge in [-0.25, -0.2) is 24.4 Å². The van der Waals surface area contributed by atoms with Gasteiger partial charge in [-0.15, -0.1) is 0 Å². The van der Waals surface area contributed by atoms with Crippen LogP contribution in [-0.2, 0) is 34.2 Å². The van der Waals surface area contributed by atoms with Crippen LogP contribution in [-0.4, -0.2) is 61.5 Å². The molecule has 0 saturated heterocycles. The first-order chi connectivity index (χ1) is 25.8. The Morgan fingerprint density at radius 3 is 2.22 bits per heavy atom. The van der Waals surface area contributed by atoms with E-state index in [-0.39, 0.29) is 12.1 Å². The Morgan fingerprint density at radius 1 is 0.836 bits per heavy atom. The molecule has 5 aromatic rings.